The fourth-order valence-corrected chi connectivity index (χ4v) is 6.24. The molecule has 0 aromatic heterocycles. The number of hydrogen-bond acceptors (Lipinski definition) is 0. The topological polar surface area (TPSA) is 0 Å². The first-order valence-electron chi connectivity index (χ1n) is 13.1. The third kappa shape index (κ3) is 6.33. The van der Waals surface area contributed by atoms with Gasteiger partial charge in [-0.2, -0.15) is 0 Å². The van der Waals surface area contributed by atoms with Crippen molar-refractivity contribution in [1.29, 1.82) is 0 Å². The van der Waals surface area contributed by atoms with Crippen LogP contribution >= 0.6 is 0 Å². The standard InChI is InChI=1S/C31H41F/c1-2-3-24-6-14-28(15-7-24)29-16-8-25(9-17-29)4-5-26-10-18-30(19-11-26)31-20-12-27(13-21-31)22-23-32/h2-3,10-13,18-21,24-25,28-29H,4-9,14-17,22-23H2,1H3/b3-2-/t24-,25?,28-,29?. The van der Waals surface area contributed by atoms with Crippen LogP contribution in [-0.4, -0.2) is 6.67 Å². The second kappa shape index (κ2) is 11.8. The van der Waals surface area contributed by atoms with Crippen molar-refractivity contribution >= 4 is 0 Å². The molecule has 0 unspecified atom stereocenters. The van der Waals surface area contributed by atoms with Crippen molar-refractivity contribution in [2.45, 2.75) is 77.6 Å². The van der Waals surface area contributed by atoms with Crippen molar-refractivity contribution < 1.29 is 4.39 Å². The molecule has 0 N–H and O–H groups in total. The van der Waals surface area contributed by atoms with Gasteiger partial charge in [0.2, 0.25) is 0 Å². The molecule has 0 saturated heterocycles. The summed E-state index contributed by atoms with van der Waals surface area (Å²) in [4.78, 5) is 0. The van der Waals surface area contributed by atoms with E-state index >= 15 is 0 Å². The summed E-state index contributed by atoms with van der Waals surface area (Å²) in [6.07, 6.45) is 19.4. The highest BCUT2D eigenvalue weighted by atomic mass is 19.1. The van der Waals surface area contributed by atoms with E-state index in [1.54, 1.807) is 0 Å². The van der Waals surface area contributed by atoms with Gasteiger partial charge in [-0.05, 0) is 104 Å². The number of benzene rings is 2. The van der Waals surface area contributed by atoms with E-state index in [1.165, 1.54) is 80.9 Å². The van der Waals surface area contributed by atoms with E-state index in [-0.39, 0.29) is 6.67 Å². The summed E-state index contributed by atoms with van der Waals surface area (Å²) in [5, 5.41) is 0. The predicted octanol–water partition coefficient (Wildman–Crippen LogP) is 8.99. The third-order valence-electron chi connectivity index (χ3n) is 8.30. The Morgan fingerprint density at radius 2 is 1.19 bits per heavy atom. The summed E-state index contributed by atoms with van der Waals surface area (Å²) < 4.78 is 12.5. The Morgan fingerprint density at radius 3 is 1.69 bits per heavy atom. The fraction of sp³-hybridized carbons (Fsp3) is 0.548. The SMILES string of the molecule is C/C=C\[C@H]1CC[C@H](C2CCC(CCc3ccc(-c4ccc(CCF)cc4)cc3)CC2)CC1. The lowest BCUT2D eigenvalue weighted by Crippen LogP contribution is -2.25. The van der Waals surface area contributed by atoms with Crippen LogP contribution in [0.4, 0.5) is 4.39 Å². The molecule has 0 nitrogen and oxygen atoms in total. The lowest BCUT2D eigenvalue weighted by molar-refractivity contribution is 0.152. The largest absolute Gasteiger partial charge is 0.251 e. The van der Waals surface area contributed by atoms with Gasteiger partial charge in [0, 0.05) is 6.42 Å². The minimum atomic E-state index is -0.284. The minimum Gasteiger partial charge on any atom is -0.251 e. The highest BCUT2D eigenvalue weighted by Crippen LogP contribution is 2.42. The molecule has 4 rings (SSSR count). The molecular formula is C31H41F. The number of allylic oxidation sites excluding steroid dienone is 2. The van der Waals surface area contributed by atoms with Crippen LogP contribution in [0.15, 0.2) is 60.7 Å². The molecule has 0 aliphatic heterocycles. The Hall–Kier alpha value is -1.89. The average Bonchev–Trinajstić information content (AvgIpc) is 2.85. The Labute approximate surface area is 195 Å². The second-order valence-corrected chi connectivity index (χ2v) is 10.4. The fourth-order valence-electron chi connectivity index (χ4n) is 6.24. The predicted molar refractivity (Wildman–Crippen MR) is 136 cm³/mol. The second-order valence-electron chi connectivity index (χ2n) is 10.4. The zero-order valence-corrected chi connectivity index (χ0v) is 19.9. The summed E-state index contributed by atoms with van der Waals surface area (Å²) in [5.74, 6) is 3.80. The first kappa shape index (κ1) is 23.3. The molecule has 0 atom stereocenters. The molecule has 0 bridgehead atoms. The summed E-state index contributed by atoms with van der Waals surface area (Å²) in [5.41, 5.74) is 5.01. The van der Waals surface area contributed by atoms with E-state index < -0.39 is 0 Å². The van der Waals surface area contributed by atoms with Crippen LogP contribution in [0.1, 0.15) is 75.8 Å². The Balaban J connectivity index is 1.19. The van der Waals surface area contributed by atoms with Gasteiger partial charge in [-0.25, -0.2) is 0 Å². The van der Waals surface area contributed by atoms with Crippen molar-refractivity contribution in [1.82, 2.24) is 0 Å². The third-order valence-corrected chi connectivity index (χ3v) is 8.30. The monoisotopic (exact) mass is 432 g/mol. The van der Waals surface area contributed by atoms with Gasteiger partial charge in [0.15, 0.2) is 0 Å². The average molecular weight is 433 g/mol. The molecule has 2 saturated carbocycles. The molecule has 0 heterocycles. The molecule has 2 aliphatic carbocycles. The lowest BCUT2D eigenvalue weighted by Gasteiger charge is -2.37. The molecule has 2 aliphatic rings. The summed E-state index contributed by atoms with van der Waals surface area (Å²) >= 11 is 0. The zero-order valence-electron chi connectivity index (χ0n) is 19.9. The first-order valence-corrected chi connectivity index (χ1v) is 13.1. The van der Waals surface area contributed by atoms with Crippen LogP contribution in [0.3, 0.4) is 0 Å². The van der Waals surface area contributed by atoms with Crippen LogP contribution in [-0.2, 0) is 12.8 Å². The number of halogens is 1. The summed E-state index contributed by atoms with van der Waals surface area (Å²) in [6, 6.07) is 17.4. The van der Waals surface area contributed by atoms with Gasteiger partial charge in [0.1, 0.15) is 0 Å². The molecular weight excluding hydrogens is 391 g/mol. The molecule has 32 heavy (non-hydrogen) atoms. The number of alkyl halides is 1. The number of hydrogen-bond donors (Lipinski definition) is 0. The lowest BCUT2D eigenvalue weighted by atomic mass is 9.68. The Kier molecular flexibility index (Phi) is 8.60. The Bertz CT molecular complexity index is 816. The highest BCUT2D eigenvalue weighted by molar-refractivity contribution is 5.64. The maximum absolute atomic E-state index is 12.5. The van der Waals surface area contributed by atoms with Gasteiger partial charge in [-0.3, -0.25) is 4.39 Å². The van der Waals surface area contributed by atoms with Crippen LogP contribution in [0, 0.1) is 23.7 Å². The van der Waals surface area contributed by atoms with E-state index in [2.05, 4.69) is 55.5 Å². The van der Waals surface area contributed by atoms with E-state index in [9.17, 15) is 4.39 Å². The Morgan fingerprint density at radius 1 is 0.688 bits per heavy atom. The van der Waals surface area contributed by atoms with Crippen molar-refractivity contribution in [3.8, 4) is 11.1 Å². The molecule has 0 radical (unpaired) electrons. The maximum Gasteiger partial charge on any atom is 0.0934 e. The van der Waals surface area contributed by atoms with E-state index in [0.717, 1.165) is 29.2 Å². The molecule has 2 fully saturated rings. The first-order chi connectivity index (χ1) is 15.7. The summed E-state index contributed by atoms with van der Waals surface area (Å²) in [7, 11) is 0. The van der Waals surface area contributed by atoms with Gasteiger partial charge < -0.3 is 0 Å². The van der Waals surface area contributed by atoms with E-state index in [4.69, 9.17) is 0 Å². The van der Waals surface area contributed by atoms with Gasteiger partial charge >= 0.3 is 0 Å². The number of aryl methyl sites for hydroxylation is 2. The van der Waals surface area contributed by atoms with Crippen molar-refractivity contribution in [3.63, 3.8) is 0 Å². The van der Waals surface area contributed by atoms with Gasteiger partial charge in [0.05, 0.1) is 6.67 Å². The molecule has 172 valence electrons. The van der Waals surface area contributed by atoms with Crippen molar-refractivity contribution in [2.24, 2.45) is 23.7 Å². The molecule has 2 aromatic rings. The van der Waals surface area contributed by atoms with Gasteiger partial charge in [-0.15, -0.1) is 0 Å². The van der Waals surface area contributed by atoms with Gasteiger partial charge in [0.25, 0.3) is 0 Å². The smallest absolute Gasteiger partial charge is 0.0934 e. The molecule has 1 heteroatoms. The summed E-state index contributed by atoms with van der Waals surface area (Å²) in [6.45, 7) is 1.88. The van der Waals surface area contributed by atoms with Crippen LogP contribution in [0.2, 0.25) is 0 Å². The number of rotatable bonds is 8. The minimum absolute atomic E-state index is 0.284. The van der Waals surface area contributed by atoms with Crippen LogP contribution < -0.4 is 0 Å². The molecule has 0 amide bonds. The van der Waals surface area contributed by atoms with Gasteiger partial charge in [-0.1, -0.05) is 73.5 Å². The van der Waals surface area contributed by atoms with E-state index in [1.807, 2.05) is 12.1 Å². The zero-order chi connectivity index (χ0) is 22.2. The quantitative estimate of drug-likeness (QED) is 0.365. The van der Waals surface area contributed by atoms with Crippen molar-refractivity contribution in [2.75, 3.05) is 6.67 Å². The molecule has 0 spiro atoms. The molecule has 2 aromatic carbocycles. The van der Waals surface area contributed by atoms with E-state index in [0.29, 0.717) is 6.42 Å². The maximum atomic E-state index is 12.5. The van der Waals surface area contributed by atoms with Crippen molar-refractivity contribution in [3.05, 3.63) is 71.8 Å². The van der Waals surface area contributed by atoms with Crippen LogP contribution in [0.5, 0.6) is 0 Å². The highest BCUT2D eigenvalue weighted by Gasteiger charge is 2.30. The van der Waals surface area contributed by atoms with Crippen LogP contribution in [0.25, 0.3) is 11.1 Å². The normalized spacial score (nSPS) is 26.4.